The molecule has 2 aliphatic heterocycles. The molecular formula is C20H26N2O4. The van der Waals surface area contributed by atoms with E-state index in [0.29, 0.717) is 38.2 Å². The zero-order valence-electron chi connectivity index (χ0n) is 15.4. The van der Waals surface area contributed by atoms with Gasteiger partial charge in [0.25, 0.3) is 5.91 Å². The predicted molar refractivity (Wildman–Crippen MR) is 97.6 cm³/mol. The number of likely N-dealkylation sites (tertiary alicyclic amines) is 1. The fourth-order valence-corrected chi connectivity index (χ4v) is 3.89. The molecule has 0 N–H and O–H groups in total. The zero-order chi connectivity index (χ0) is 18.7. The van der Waals surface area contributed by atoms with Crippen LogP contribution in [-0.2, 0) is 25.5 Å². The molecule has 2 amide bonds. The van der Waals surface area contributed by atoms with E-state index in [1.54, 1.807) is 6.92 Å². The number of nitrogens with zero attached hydrogens (tertiary/aromatic N) is 2. The van der Waals surface area contributed by atoms with Crippen molar-refractivity contribution in [1.82, 2.24) is 4.90 Å². The fourth-order valence-electron chi connectivity index (χ4n) is 3.89. The molecule has 0 aromatic heterocycles. The van der Waals surface area contributed by atoms with Gasteiger partial charge in [-0.25, -0.2) is 4.90 Å². The number of ether oxygens (including phenoxy) is 1. The standard InChI is InChI=1S/C20H26N2O4/c1-3-14-7-5-6-8-16(14)22-18(23)13-17(19(22)24)21-11-9-15(10-12-21)20(25)26-4-2/h5-8,15,17H,3-4,9-13H2,1-2H3. The number of para-hydroxylation sites is 1. The largest absolute Gasteiger partial charge is 0.466 e. The van der Waals surface area contributed by atoms with Gasteiger partial charge < -0.3 is 4.74 Å². The summed E-state index contributed by atoms with van der Waals surface area (Å²) in [4.78, 5) is 40.8. The Kier molecular flexibility index (Phi) is 5.71. The zero-order valence-corrected chi connectivity index (χ0v) is 15.4. The van der Waals surface area contributed by atoms with Gasteiger partial charge >= 0.3 is 5.97 Å². The summed E-state index contributed by atoms with van der Waals surface area (Å²) in [6.45, 7) is 5.48. The minimum Gasteiger partial charge on any atom is -0.466 e. The summed E-state index contributed by atoms with van der Waals surface area (Å²) in [5.41, 5.74) is 1.70. The first-order valence-electron chi connectivity index (χ1n) is 9.42. The molecule has 0 saturated carbocycles. The molecule has 1 unspecified atom stereocenters. The first-order valence-corrected chi connectivity index (χ1v) is 9.42. The molecular weight excluding hydrogens is 332 g/mol. The summed E-state index contributed by atoms with van der Waals surface area (Å²) in [6.07, 6.45) is 2.31. The Balaban J connectivity index is 1.69. The molecule has 0 aliphatic carbocycles. The second-order valence-electron chi connectivity index (χ2n) is 6.83. The van der Waals surface area contributed by atoms with Crippen molar-refractivity contribution in [3.05, 3.63) is 29.8 Å². The van der Waals surface area contributed by atoms with E-state index < -0.39 is 6.04 Å². The monoisotopic (exact) mass is 358 g/mol. The van der Waals surface area contributed by atoms with Gasteiger partial charge in [0.2, 0.25) is 5.91 Å². The van der Waals surface area contributed by atoms with Crippen LogP contribution in [0.4, 0.5) is 5.69 Å². The van der Waals surface area contributed by atoms with E-state index in [1.807, 2.05) is 36.1 Å². The Morgan fingerprint density at radius 2 is 1.85 bits per heavy atom. The Bertz CT molecular complexity index is 695. The van der Waals surface area contributed by atoms with E-state index in [9.17, 15) is 14.4 Å². The molecule has 26 heavy (non-hydrogen) atoms. The van der Waals surface area contributed by atoms with Crippen molar-refractivity contribution in [2.45, 2.75) is 45.6 Å². The third-order valence-corrected chi connectivity index (χ3v) is 5.33. The maximum absolute atomic E-state index is 13.0. The van der Waals surface area contributed by atoms with Gasteiger partial charge in [-0.2, -0.15) is 0 Å². The molecule has 2 aliphatic rings. The summed E-state index contributed by atoms with van der Waals surface area (Å²) >= 11 is 0. The second-order valence-corrected chi connectivity index (χ2v) is 6.83. The average molecular weight is 358 g/mol. The third-order valence-electron chi connectivity index (χ3n) is 5.33. The summed E-state index contributed by atoms with van der Waals surface area (Å²) in [6, 6.07) is 7.14. The molecule has 2 fully saturated rings. The number of piperidine rings is 1. The van der Waals surface area contributed by atoms with Crippen molar-refractivity contribution in [1.29, 1.82) is 0 Å². The van der Waals surface area contributed by atoms with Gasteiger partial charge in [-0.15, -0.1) is 0 Å². The number of hydrogen-bond acceptors (Lipinski definition) is 5. The number of anilines is 1. The molecule has 0 bridgehead atoms. The van der Waals surface area contributed by atoms with Crippen LogP contribution in [0, 0.1) is 5.92 Å². The van der Waals surface area contributed by atoms with Crippen LogP contribution in [0.1, 0.15) is 38.7 Å². The number of aryl methyl sites for hydroxylation is 1. The molecule has 3 rings (SSSR count). The van der Waals surface area contributed by atoms with Gasteiger partial charge in [-0.3, -0.25) is 19.3 Å². The molecule has 0 radical (unpaired) electrons. The van der Waals surface area contributed by atoms with Crippen molar-refractivity contribution >= 4 is 23.5 Å². The van der Waals surface area contributed by atoms with Crippen molar-refractivity contribution in [2.75, 3.05) is 24.6 Å². The highest BCUT2D eigenvalue weighted by Gasteiger charge is 2.44. The molecule has 1 aromatic rings. The number of carbonyl (C=O) groups excluding carboxylic acids is 3. The lowest BCUT2D eigenvalue weighted by molar-refractivity contribution is -0.149. The SMILES string of the molecule is CCOC(=O)C1CCN(C2CC(=O)N(c3ccccc3CC)C2=O)CC1. The number of rotatable bonds is 5. The topological polar surface area (TPSA) is 66.9 Å². The van der Waals surface area contributed by atoms with Gasteiger partial charge in [0, 0.05) is 0 Å². The maximum Gasteiger partial charge on any atom is 0.309 e. The van der Waals surface area contributed by atoms with Crippen LogP contribution in [0.3, 0.4) is 0 Å². The molecule has 140 valence electrons. The molecule has 2 heterocycles. The van der Waals surface area contributed by atoms with Crippen molar-refractivity contribution < 1.29 is 19.1 Å². The van der Waals surface area contributed by atoms with Gasteiger partial charge in [0.15, 0.2) is 0 Å². The molecule has 1 atom stereocenters. The summed E-state index contributed by atoms with van der Waals surface area (Å²) in [5.74, 6) is -0.547. The summed E-state index contributed by atoms with van der Waals surface area (Å²) in [5, 5.41) is 0. The van der Waals surface area contributed by atoms with E-state index in [1.165, 1.54) is 4.90 Å². The second kappa shape index (κ2) is 7.99. The van der Waals surface area contributed by atoms with E-state index in [4.69, 9.17) is 4.74 Å². The maximum atomic E-state index is 13.0. The summed E-state index contributed by atoms with van der Waals surface area (Å²) < 4.78 is 5.09. The number of hydrogen-bond donors (Lipinski definition) is 0. The Morgan fingerprint density at radius 1 is 1.15 bits per heavy atom. The minimum absolute atomic E-state index is 0.102. The van der Waals surface area contributed by atoms with Crippen LogP contribution in [-0.4, -0.2) is 48.4 Å². The Morgan fingerprint density at radius 3 is 2.50 bits per heavy atom. The normalized spacial score (nSPS) is 22.1. The lowest BCUT2D eigenvalue weighted by atomic mass is 9.95. The van der Waals surface area contributed by atoms with Crippen LogP contribution in [0.2, 0.25) is 0 Å². The first kappa shape index (κ1) is 18.6. The lowest BCUT2D eigenvalue weighted by Crippen LogP contribution is -2.47. The molecule has 2 saturated heterocycles. The number of imide groups is 1. The Hall–Kier alpha value is -2.21. The molecule has 0 spiro atoms. The van der Waals surface area contributed by atoms with Gasteiger partial charge in [-0.1, -0.05) is 25.1 Å². The number of carbonyl (C=O) groups is 3. The van der Waals surface area contributed by atoms with E-state index in [-0.39, 0.29) is 30.1 Å². The van der Waals surface area contributed by atoms with Gasteiger partial charge in [0.05, 0.1) is 30.7 Å². The summed E-state index contributed by atoms with van der Waals surface area (Å²) in [7, 11) is 0. The van der Waals surface area contributed by atoms with Crippen molar-refractivity contribution in [3.8, 4) is 0 Å². The smallest absolute Gasteiger partial charge is 0.309 e. The van der Waals surface area contributed by atoms with Crippen molar-refractivity contribution in [3.63, 3.8) is 0 Å². The quantitative estimate of drug-likeness (QED) is 0.596. The van der Waals surface area contributed by atoms with Crippen molar-refractivity contribution in [2.24, 2.45) is 5.92 Å². The first-order chi connectivity index (χ1) is 12.6. The van der Waals surface area contributed by atoms with Crippen LogP contribution >= 0.6 is 0 Å². The number of benzene rings is 1. The third kappa shape index (κ3) is 3.51. The van der Waals surface area contributed by atoms with Crippen LogP contribution in [0.25, 0.3) is 0 Å². The van der Waals surface area contributed by atoms with Crippen LogP contribution in [0.5, 0.6) is 0 Å². The van der Waals surface area contributed by atoms with Gasteiger partial charge in [-0.05, 0) is 50.9 Å². The molecule has 6 nitrogen and oxygen atoms in total. The van der Waals surface area contributed by atoms with Gasteiger partial charge in [0.1, 0.15) is 0 Å². The highest BCUT2D eigenvalue weighted by atomic mass is 16.5. The van der Waals surface area contributed by atoms with Crippen LogP contribution in [0.15, 0.2) is 24.3 Å². The lowest BCUT2D eigenvalue weighted by Gasteiger charge is -2.33. The van der Waals surface area contributed by atoms with Crippen LogP contribution < -0.4 is 4.90 Å². The molecule has 6 heteroatoms. The highest BCUT2D eigenvalue weighted by molar-refractivity contribution is 6.22. The number of esters is 1. The van der Waals surface area contributed by atoms with E-state index in [0.717, 1.165) is 12.0 Å². The molecule has 1 aromatic carbocycles. The fraction of sp³-hybridized carbons (Fsp3) is 0.550. The number of amides is 2. The highest BCUT2D eigenvalue weighted by Crippen LogP contribution is 2.31. The van der Waals surface area contributed by atoms with E-state index >= 15 is 0 Å². The minimum atomic E-state index is -0.421. The average Bonchev–Trinajstić information content (AvgIpc) is 2.96. The Labute approximate surface area is 154 Å². The predicted octanol–water partition coefficient (Wildman–Crippen LogP) is 2.16. The van der Waals surface area contributed by atoms with E-state index in [2.05, 4.69) is 0 Å².